The Labute approximate surface area is 260 Å². The van der Waals surface area contributed by atoms with E-state index in [1.807, 2.05) is 4.90 Å². The molecule has 2 saturated heterocycles. The van der Waals surface area contributed by atoms with Crippen molar-refractivity contribution in [2.75, 3.05) is 56.2 Å². The summed E-state index contributed by atoms with van der Waals surface area (Å²) in [5, 5.41) is 2.99. The summed E-state index contributed by atoms with van der Waals surface area (Å²) in [6, 6.07) is 0.436. The van der Waals surface area contributed by atoms with Crippen molar-refractivity contribution in [2.24, 2.45) is 46.0 Å². The first-order valence-electron chi connectivity index (χ1n) is 17.1. The number of morpholine rings is 1. The van der Waals surface area contributed by atoms with Gasteiger partial charge in [0.1, 0.15) is 17.8 Å². The monoisotopic (exact) mass is 615 g/mol. The maximum atomic E-state index is 15.4. The Balaban J connectivity index is 1.25. The smallest absolute Gasteiger partial charge is 0.236 e. The number of pyridine rings is 1. The number of halogens is 2. The van der Waals surface area contributed by atoms with Gasteiger partial charge in [-0.1, -0.05) is 25.7 Å². The number of fused-ring (bicyclic) bond motifs is 1. The normalized spacial score (nSPS) is 30.4. The molecule has 1 aromatic rings. The van der Waals surface area contributed by atoms with Crippen LogP contribution in [0, 0.1) is 35.4 Å². The molecule has 1 aromatic heterocycles. The number of nitrogens with one attached hydrogen (secondary N) is 1. The van der Waals surface area contributed by atoms with Gasteiger partial charge in [0, 0.05) is 43.9 Å². The topological polar surface area (TPSA) is 122 Å². The van der Waals surface area contributed by atoms with E-state index in [2.05, 4.69) is 15.2 Å². The van der Waals surface area contributed by atoms with E-state index in [9.17, 15) is 4.79 Å². The maximum Gasteiger partial charge on any atom is 0.236 e. The molecule has 11 heteroatoms. The fourth-order valence-electron chi connectivity index (χ4n) is 8.73. The third-order valence-corrected chi connectivity index (χ3v) is 11.2. The molecule has 5 aliphatic rings. The fraction of sp³-hybridized carbons (Fsp3) is 0.788. The van der Waals surface area contributed by atoms with Crippen LogP contribution in [0.15, 0.2) is 17.4 Å². The van der Waals surface area contributed by atoms with Crippen molar-refractivity contribution in [3.05, 3.63) is 18.2 Å². The number of hydrogen-bond donors (Lipinski definition) is 3. The highest BCUT2D eigenvalue weighted by atomic mass is 19.1. The number of anilines is 2. The second kappa shape index (κ2) is 14.5. The summed E-state index contributed by atoms with van der Waals surface area (Å²) in [5.41, 5.74) is 14.1. The number of piperidine rings is 1. The number of ether oxygens (including phenoxy) is 1. The molecule has 44 heavy (non-hydrogen) atoms. The SMILES string of the molecule is NC(N)C(C(=O)Nc1cncc(F)c1N1CCC(N2CCOCC2)CC1)C1=NCC(F)CCC2CCCCC2C1C1CCC1. The predicted octanol–water partition coefficient (Wildman–Crippen LogP) is 4.12. The van der Waals surface area contributed by atoms with Gasteiger partial charge >= 0.3 is 0 Å². The largest absolute Gasteiger partial charge is 0.379 e. The average molecular weight is 616 g/mol. The van der Waals surface area contributed by atoms with Crippen molar-refractivity contribution in [2.45, 2.75) is 89.0 Å². The Morgan fingerprint density at radius 3 is 2.36 bits per heavy atom. The minimum atomic E-state index is -1.05. The van der Waals surface area contributed by atoms with Crippen LogP contribution in [0.4, 0.5) is 20.2 Å². The Morgan fingerprint density at radius 2 is 1.66 bits per heavy atom. The van der Waals surface area contributed by atoms with Crippen LogP contribution in [-0.2, 0) is 9.53 Å². The van der Waals surface area contributed by atoms with Gasteiger partial charge < -0.3 is 26.4 Å². The third-order valence-electron chi connectivity index (χ3n) is 11.2. The standard InChI is InChI=1S/C33H51F2N7O2/c34-23-9-8-21-4-1-2-7-25(21)28(22-5-3-6-22)30(39-18-23)29(32(36)37)33(43)40-27-20-38-19-26(35)31(27)42-12-10-24(11-13-42)41-14-16-44-17-15-41/h19-25,28-29,32H,1-18,36-37H2,(H,40,43). The number of carbonyl (C=O) groups excluding carboxylic acids is 1. The first-order chi connectivity index (χ1) is 21.4. The number of rotatable bonds is 7. The molecule has 4 fully saturated rings. The van der Waals surface area contributed by atoms with Crippen LogP contribution in [-0.4, -0.2) is 85.8 Å². The quantitative estimate of drug-likeness (QED) is 0.395. The second-order valence-corrected chi connectivity index (χ2v) is 13.8. The van der Waals surface area contributed by atoms with Gasteiger partial charge in [0.2, 0.25) is 5.91 Å². The molecule has 0 spiro atoms. The molecule has 0 bridgehead atoms. The summed E-state index contributed by atoms with van der Waals surface area (Å²) in [7, 11) is 0. The molecule has 9 nitrogen and oxygen atoms in total. The highest BCUT2D eigenvalue weighted by Gasteiger charge is 2.46. The van der Waals surface area contributed by atoms with E-state index in [1.54, 1.807) is 0 Å². The lowest BCUT2D eigenvalue weighted by molar-refractivity contribution is -0.118. The fourth-order valence-corrected chi connectivity index (χ4v) is 8.73. The van der Waals surface area contributed by atoms with Gasteiger partial charge in [0.05, 0.1) is 44.0 Å². The lowest BCUT2D eigenvalue weighted by Crippen LogP contribution is -2.54. The molecule has 4 heterocycles. The van der Waals surface area contributed by atoms with E-state index in [0.717, 1.165) is 84.1 Å². The van der Waals surface area contributed by atoms with Gasteiger partial charge in [0.25, 0.3) is 0 Å². The van der Waals surface area contributed by atoms with E-state index in [-0.39, 0.29) is 12.5 Å². The van der Waals surface area contributed by atoms with Crippen LogP contribution in [0.2, 0.25) is 0 Å². The van der Waals surface area contributed by atoms with Crippen LogP contribution in [0.5, 0.6) is 0 Å². The molecule has 5 unspecified atom stereocenters. The summed E-state index contributed by atoms with van der Waals surface area (Å²) < 4.78 is 36.1. The second-order valence-electron chi connectivity index (χ2n) is 13.8. The van der Waals surface area contributed by atoms with E-state index in [4.69, 9.17) is 21.2 Å². The number of aliphatic imine (C=N–C) groups is 1. The van der Waals surface area contributed by atoms with Crippen LogP contribution < -0.4 is 21.7 Å². The molecule has 5 N–H and O–H groups in total. The minimum Gasteiger partial charge on any atom is -0.379 e. The van der Waals surface area contributed by atoms with Gasteiger partial charge in [-0.15, -0.1) is 0 Å². The van der Waals surface area contributed by atoms with E-state index >= 15 is 8.78 Å². The molecule has 2 saturated carbocycles. The zero-order valence-electron chi connectivity index (χ0n) is 26.0. The number of nitrogens with zero attached hydrogens (tertiary/aromatic N) is 4. The van der Waals surface area contributed by atoms with Crippen LogP contribution >= 0.6 is 0 Å². The lowest BCUT2D eigenvalue weighted by Gasteiger charge is -2.46. The molecule has 244 valence electrons. The lowest BCUT2D eigenvalue weighted by atomic mass is 9.59. The van der Waals surface area contributed by atoms with Gasteiger partial charge in [-0.3, -0.25) is 19.7 Å². The van der Waals surface area contributed by atoms with Gasteiger partial charge in [-0.05, 0) is 62.7 Å². The van der Waals surface area contributed by atoms with Crippen molar-refractivity contribution in [1.82, 2.24) is 9.88 Å². The van der Waals surface area contributed by atoms with Gasteiger partial charge in [-0.25, -0.2) is 8.78 Å². The Hall–Kier alpha value is -2.21. The highest BCUT2D eigenvalue weighted by molar-refractivity contribution is 6.11. The number of amides is 1. The van der Waals surface area contributed by atoms with Crippen molar-refractivity contribution in [1.29, 1.82) is 0 Å². The van der Waals surface area contributed by atoms with Crippen molar-refractivity contribution >= 4 is 23.0 Å². The molecule has 6 rings (SSSR count). The number of nitrogens with two attached hydrogens (primary N) is 2. The van der Waals surface area contributed by atoms with Gasteiger partial charge in [0.15, 0.2) is 5.82 Å². The van der Waals surface area contributed by atoms with E-state index in [0.29, 0.717) is 60.4 Å². The molecule has 3 aliphatic heterocycles. The van der Waals surface area contributed by atoms with E-state index < -0.39 is 30.0 Å². The molecule has 0 radical (unpaired) electrons. The number of hydrogen-bond acceptors (Lipinski definition) is 8. The Kier molecular flexibility index (Phi) is 10.4. The third kappa shape index (κ3) is 6.95. The molecular formula is C33H51F2N7O2. The number of alkyl halides is 1. The first kappa shape index (κ1) is 31.8. The molecule has 2 aliphatic carbocycles. The molecule has 1 amide bonds. The highest BCUT2D eigenvalue weighted by Crippen LogP contribution is 2.48. The zero-order valence-corrected chi connectivity index (χ0v) is 26.0. The summed E-state index contributed by atoms with van der Waals surface area (Å²) in [4.78, 5) is 27.7. The van der Waals surface area contributed by atoms with Crippen LogP contribution in [0.1, 0.15) is 70.6 Å². The van der Waals surface area contributed by atoms with E-state index in [1.165, 1.54) is 18.8 Å². The summed E-state index contributed by atoms with van der Waals surface area (Å²) >= 11 is 0. The molecule has 0 aromatic carbocycles. The van der Waals surface area contributed by atoms with Crippen molar-refractivity contribution in [3.8, 4) is 0 Å². The minimum absolute atomic E-state index is 0.0271. The summed E-state index contributed by atoms with van der Waals surface area (Å²) in [6.45, 7) is 4.71. The van der Waals surface area contributed by atoms with Crippen LogP contribution in [0.25, 0.3) is 0 Å². The summed E-state index contributed by atoms with van der Waals surface area (Å²) in [5.74, 6) is -0.575. The maximum absolute atomic E-state index is 15.4. The molecule has 5 atom stereocenters. The van der Waals surface area contributed by atoms with Crippen molar-refractivity contribution in [3.63, 3.8) is 0 Å². The first-order valence-corrected chi connectivity index (χ1v) is 17.1. The number of aromatic nitrogens is 1. The van der Waals surface area contributed by atoms with Crippen LogP contribution in [0.3, 0.4) is 0 Å². The summed E-state index contributed by atoms with van der Waals surface area (Å²) in [6.07, 6.45) is 11.6. The Morgan fingerprint density at radius 1 is 0.932 bits per heavy atom. The average Bonchev–Trinajstić information content (AvgIpc) is 3.06. The predicted molar refractivity (Wildman–Crippen MR) is 169 cm³/mol. The molecular weight excluding hydrogens is 564 g/mol. The van der Waals surface area contributed by atoms with Gasteiger partial charge in [-0.2, -0.15) is 0 Å². The zero-order chi connectivity index (χ0) is 30.6. The van der Waals surface area contributed by atoms with Crippen molar-refractivity contribution < 1.29 is 18.3 Å². The number of carbonyl (C=O) groups is 1. The Bertz CT molecular complexity index is 1150.